The fourth-order valence-corrected chi connectivity index (χ4v) is 2.57. The van der Waals surface area contributed by atoms with Gasteiger partial charge in [0, 0.05) is 0 Å². The zero-order valence-corrected chi connectivity index (χ0v) is 11.9. The molecule has 0 aromatic heterocycles. The molecule has 4 nitrogen and oxygen atoms in total. The Morgan fingerprint density at radius 1 is 1.10 bits per heavy atom. The van der Waals surface area contributed by atoms with E-state index in [4.69, 9.17) is 4.74 Å². The summed E-state index contributed by atoms with van der Waals surface area (Å²) in [5.41, 5.74) is 2.87. The Labute approximate surface area is 124 Å². The predicted octanol–water partition coefficient (Wildman–Crippen LogP) is 3.06. The summed E-state index contributed by atoms with van der Waals surface area (Å²) >= 11 is 0. The Hall–Kier alpha value is -2.49. The number of anilines is 2. The fraction of sp³-hybridized carbons (Fsp3) is 0.235. The summed E-state index contributed by atoms with van der Waals surface area (Å²) in [5, 5.41) is 6.24. The molecular formula is C17H18N2O2. The number of ether oxygens (including phenoxy) is 1. The summed E-state index contributed by atoms with van der Waals surface area (Å²) in [6.07, 6.45) is 1.62. The lowest BCUT2D eigenvalue weighted by Crippen LogP contribution is -2.39. The molecule has 0 aliphatic carbocycles. The van der Waals surface area contributed by atoms with Gasteiger partial charge in [-0.3, -0.25) is 4.79 Å². The first-order valence-electron chi connectivity index (χ1n) is 7.06. The molecule has 0 saturated heterocycles. The van der Waals surface area contributed by atoms with Crippen molar-refractivity contribution in [3.63, 3.8) is 0 Å². The van der Waals surface area contributed by atoms with E-state index in [9.17, 15) is 4.79 Å². The number of methoxy groups -OCH3 is 1. The topological polar surface area (TPSA) is 50.4 Å². The maximum atomic E-state index is 12.2. The highest BCUT2D eigenvalue weighted by molar-refractivity contribution is 6.04. The van der Waals surface area contributed by atoms with Gasteiger partial charge in [0.25, 0.3) is 0 Å². The Morgan fingerprint density at radius 2 is 1.90 bits per heavy atom. The molecule has 1 amide bonds. The summed E-state index contributed by atoms with van der Waals surface area (Å²) in [6.45, 7) is 0. The third-order valence-corrected chi connectivity index (χ3v) is 3.71. The molecule has 0 spiro atoms. The highest BCUT2D eigenvalue weighted by Crippen LogP contribution is 2.35. The van der Waals surface area contributed by atoms with Crippen LogP contribution in [-0.4, -0.2) is 19.1 Å². The first kappa shape index (κ1) is 13.5. The minimum atomic E-state index is -0.218. The van der Waals surface area contributed by atoms with Crippen LogP contribution in [0.4, 0.5) is 11.4 Å². The number of aryl methyl sites for hydroxylation is 1. The van der Waals surface area contributed by atoms with E-state index in [0.29, 0.717) is 5.75 Å². The molecule has 1 heterocycles. The van der Waals surface area contributed by atoms with E-state index in [2.05, 4.69) is 22.8 Å². The Balaban J connectivity index is 1.72. The van der Waals surface area contributed by atoms with Gasteiger partial charge in [0.05, 0.1) is 12.8 Å². The molecule has 1 atom stereocenters. The number of carbonyl (C=O) groups is 1. The Kier molecular flexibility index (Phi) is 3.77. The number of hydrogen-bond acceptors (Lipinski definition) is 3. The van der Waals surface area contributed by atoms with Crippen LogP contribution in [0.1, 0.15) is 12.0 Å². The van der Waals surface area contributed by atoms with Crippen LogP contribution >= 0.6 is 0 Å². The highest BCUT2D eigenvalue weighted by atomic mass is 16.5. The zero-order valence-electron chi connectivity index (χ0n) is 11.9. The van der Waals surface area contributed by atoms with Gasteiger partial charge < -0.3 is 15.4 Å². The van der Waals surface area contributed by atoms with Gasteiger partial charge >= 0.3 is 0 Å². The number of fused-ring (bicyclic) bond motifs is 1. The number of hydrogen-bond donors (Lipinski definition) is 2. The molecule has 2 aromatic carbocycles. The number of amides is 1. The minimum absolute atomic E-state index is 0.0112. The SMILES string of the molecule is COc1cccc2c1NC(=O)C(CCc1ccccc1)N2. The fourth-order valence-electron chi connectivity index (χ4n) is 2.57. The van der Waals surface area contributed by atoms with Crippen molar-refractivity contribution < 1.29 is 9.53 Å². The van der Waals surface area contributed by atoms with Crippen molar-refractivity contribution in [1.29, 1.82) is 0 Å². The second-order valence-corrected chi connectivity index (χ2v) is 5.09. The van der Waals surface area contributed by atoms with E-state index in [1.54, 1.807) is 7.11 Å². The van der Waals surface area contributed by atoms with Crippen LogP contribution in [0.2, 0.25) is 0 Å². The maximum Gasteiger partial charge on any atom is 0.247 e. The van der Waals surface area contributed by atoms with Crippen LogP contribution in [0, 0.1) is 0 Å². The molecule has 21 heavy (non-hydrogen) atoms. The van der Waals surface area contributed by atoms with Crippen molar-refractivity contribution >= 4 is 17.3 Å². The number of para-hydroxylation sites is 1. The molecule has 108 valence electrons. The van der Waals surface area contributed by atoms with Gasteiger partial charge in [-0.2, -0.15) is 0 Å². The number of rotatable bonds is 4. The lowest BCUT2D eigenvalue weighted by atomic mass is 10.0. The number of carbonyl (C=O) groups excluding carboxylic acids is 1. The second-order valence-electron chi connectivity index (χ2n) is 5.09. The van der Waals surface area contributed by atoms with Gasteiger partial charge in [0.1, 0.15) is 17.5 Å². The number of benzene rings is 2. The average molecular weight is 282 g/mol. The second kappa shape index (κ2) is 5.87. The molecule has 4 heteroatoms. The van der Waals surface area contributed by atoms with Gasteiger partial charge in [-0.25, -0.2) is 0 Å². The predicted molar refractivity (Wildman–Crippen MR) is 83.8 cm³/mol. The van der Waals surface area contributed by atoms with Crippen molar-refractivity contribution in [2.24, 2.45) is 0 Å². The van der Waals surface area contributed by atoms with Crippen LogP contribution in [0.5, 0.6) is 5.75 Å². The maximum absolute atomic E-state index is 12.2. The van der Waals surface area contributed by atoms with Crippen LogP contribution in [-0.2, 0) is 11.2 Å². The van der Waals surface area contributed by atoms with Gasteiger partial charge in [-0.05, 0) is 30.5 Å². The lowest BCUT2D eigenvalue weighted by Gasteiger charge is -2.28. The molecule has 0 saturated carbocycles. The van der Waals surface area contributed by atoms with Crippen molar-refractivity contribution in [3.05, 3.63) is 54.1 Å². The van der Waals surface area contributed by atoms with Gasteiger partial charge in [-0.1, -0.05) is 36.4 Å². The van der Waals surface area contributed by atoms with E-state index >= 15 is 0 Å². The smallest absolute Gasteiger partial charge is 0.247 e. The van der Waals surface area contributed by atoms with Gasteiger partial charge in [0.2, 0.25) is 5.91 Å². The van der Waals surface area contributed by atoms with E-state index in [-0.39, 0.29) is 11.9 Å². The summed E-state index contributed by atoms with van der Waals surface area (Å²) in [4.78, 5) is 12.2. The van der Waals surface area contributed by atoms with Crippen LogP contribution in [0.3, 0.4) is 0 Å². The van der Waals surface area contributed by atoms with Crippen molar-refractivity contribution in [2.45, 2.75) is 18.9 Å². The van der Waals surface area contributed by atoms with Crippen molar-refractivity contribution in [2.75, 3.05) is 17.7 Å². The van der Waals surface area contributed by atoms with Crippen molar-refractivity contribution in [3.8, 4) is 5.75 Å². The molecule has 2 N–H and O–H groups in total. The normalized spacial score (nSPS) is 16.6. The first-order chi connectivity index (χ1) is 10.3. The zero-order chi connectivity index (χ0) is 14.7. The van der Waals surface area contributed by atoms with E-state index in [1.165, 1.54) is 5.56 Å². The molecule has 0 fully saturated rings. The monoisotopic (exact) mass is 282 g/mol. The third kappa shape index (κ3) is 2.84. The van der Waals surface area contributed by atoms with E-state index in [1.807, 2.05) is 36.4 Å². The highest BCUT2D eigenvalue weighted by Gasteiger charge is 2.26. The Morgan fingerprint density at radius 3 is 2.67 bits per heavy atom. The van der Waals surface area contributed by atoms with Crippen LogP contribution in [0.15, 0.2) is 48.5 Å². The first-order valence-corrected chi connectivity index (χ1v) is 7.06. The number of nitrogens with one attached hydrogen (secondary N) is 2. The molecule has 1 unspecified atom stereocenters. The Bertz CT molecular complexity index is 640. The average Bonchev–Trinajstić information content (AvgIpc) is 2.53. The standard InChI is InChI=1S/C17H18N2O2/c1-21-15-9-5-8-13-16(15)19-17(20)14(18-13)11-10-12-6-3-2-4-7-12/h2-9,14,18H,10-11H2,1H3,(H,19,20). The molecule has 1 aliphatic rings. The van der Waals surface area contributed by atoms with Gasteiger partial charge in [-0.15, -0.1) is 0 Å². The van der Waals surface area contributed by atoms with E-state index < -0.39 is 0 Å². The molecule has 3 rings (SSSR count). The summed E-state index contributed by atoms with van der Waals surface area (Å²) in [5.74, 6) is 0.665. The van der Waals surface area contributed by atoms with Crippen molar-refractivity contribution in [1.82, 2.24) is 0 Å². The quantitative estimate of drug-likeness (QED) is 0.906. The van der Waals surface area contributed by atoms with Crippen LogP contribution in [0.25, 0.3) is 0 Å². The lowest BCUT2D eigenvalue weighted by molar-refractivity contribution is -0.117. The summed E-state index contributed by atoms with van der Waals surface area (Å²) in [6, 6.07) is 15.7. The van der Waals surface area contributed by atoms with E-state index in [0.717, 1.165) is 24.2 Å². The summed E-state index contributed by atoms with van der Waals surface area (Å²) in [7, 11) is 1.60. The molecule has 0 bridgehead atoms. The molecule has 0 radical (unpaired) electrons. The van der Waals surface area contributed by atoms with Gasteiger partial charge in [0.15, 0.2) is 0 Å². The third-order valence-electron chi connectivity index (χ3n) is 3.71. The summed E-state index contributed by atoms with van der Waals surface area (Å²) < 4.78 is 5.27. The molecule has 2 aromatic rings. The molecule has 1 aliphatic heterocycles. The van der Waals surface area contributed by atoms with Crippen LogP contribution < -0.4 is 15.4 Å². The molecular weight excluding hydrogens is 264 g/mol. The largest absolute Gasteiger partial charge is 0.494 e. The minimum Gasteiger partial charge on any atom is -0.494 e.